The van der Waals surface area contributed by atoms with Crippen LogP contribution >= 0.6 is 22.7 Å². The molecule has 0 aromatic carbocycles. The minimum Gasteiger partial charge on any atom is -0.378 e. The summed E-state index contributed by atoms with van der Waals surface area (Å²) in [5.41, 5.74) is 0. The van der Waals surface area contributed by atoms with Crippen LogP contribution < -0.4 is 4.90 Å². The Morgan fingerprint density at radius 3 is 2.50 bits per heavy atom. The zero-order chi connectivity index (χ0) is 12.4. The molecule has 18 heavy (non-hydrogen) atoms. The summed E-state index contributed by atoms with van der Waals surface area (Å²) >= 11 is 3.34. The molecule has 0 spiro atoms. The molecule has 2 aromatic rings. The molecule has 3 nitrogen and oxygen atoms in total. The first-order chi connectivity index (χ1) is 8.86. The van der Waals surface area contributed by atoms with E-state index in [-0.39, 0.29) is 0 Å². The molecule has 0 amide bonds. The van der Waals surface area contributed by atoms with Gasteiger partial charge in [-0.05, 0) is 24.3 Å². The maximum Gasteiger partial charge on any atom is 0.110 e. The number of ether oxygens (including phenoxy) is 1. The summed E-state index contributed by atoms with van der Waals surface area (Å²) in [4.78, 5) is 5.54. The molecule has 0 radical (unpaired) electrons. The normalized spacial score (nSPS) is 15.6. The smallest absolute Gasteiger partial charge is 0.110 e. The van der Waals surface area contributed by atoms with Crippen molar-refractivity contribution in [3.05, 3.63) is 29.1 Å². The fourth-order valence-corrected chi connectivity index (χ4v) is 3.90. The lowest BCUT2D eigenvalue weighted by Crippen LogP contribution is -2.35. The van der Waals surface area contributed by atoms with Gasteiger partial charge in [-0.1, -0.05) is 0 Å². The first-order valence-corrected chi connectivity index (χ1v) is 7.43. The third kappa shape index (κ3) is 2.27. The number of nitrogens with zero attached hydrogens (tertiary/aromatic N) is 2. The highest BCUT2D eigenvalue weighted by atomic mass is 32.1. The van der Waals surface area contributed by atoms with Crippen LogP contribution in [-0.4, -0.2) is 26.3 Å². The molecule has 0 unspecified atom stereocenters. The van der Waals surface area contributed by atoms with Crippen molar-refractivity contribution in [3.8, 4) is 15.8 Å². The molecule has 1 saturated heterocycles. The van der Waals surface area contributed by atoms with Gasteiger partial charge in [0.1, 0.15) is 10.9 Å². The lowest BCUT2D eigenvalue weighted by molar-refractivity contribution is 0.123. The Hall–Kier alpha value is -1.35. The van der Waals surface area contributed by atoms with E-state index in [2.05, 4.69) is 23.1 Å². The summed E-state index contributed by atoms with van der Waals surface area (Å²) in [5.74, 6) is 0. The van der Waals surface area contributed by atoms with Crippen LogP contribution in [0.25, 0.3) is 9.75 Å². The summed E-state index contributed by atoms with van der Waals surface area (Å²) in [6.45, 7) is 3.55. The van der Waals surface area contributed by atoms with Crippen molar-refractivity contribution >= 4 is 27.7 Å². The average molecular weight is 276 g/mol. The molecule has 0 saturated carbocycles. The van der Waals surface area contributed by atoms with Crippen molar-refractivity contribution in [1.29, 1.82) is 5.26 Å². The van der Waals surface area contributed by atoms with E-state index < -0.39 is 0 Å². The summed E-state index contributed by atoms with van der Waals surface area (Å²) in [5, 5.41) is 10.1. The maximum absolute atomic E-state index is 8.85. The van der Waals surface area contributed by atoms with Crippen LogP contribution in [0.4, 0.5) is 5.00 Å². The molecule has 0 N–H and O–H groups in total. The van der Waals surface area contributed by atoms with E-state index in [0.29, 0.717) is 0 Å². The zero-order valence-corrected chi connectivity index (χ0v) is 11.4. The maximum atomic E-state index is 8.85. The number of rotatable bonds is 2. The summed E-state index contributed by atoms with van der Waals surface area (Å²) in [7, 11) is 0. The molecule has 5 heteroatoms. The lowest BCUT2D eigenvalue weighted by Gasteiger charge is -2.27. The number of nitriles is 1. The number of hydrogen-bond acceptors (Lipinski definition) is 5. The molecule has 0 bridgehead atoms. The molecular weight excluding hydrogens is 264 g/mol. The van der Waals surface area contributed by atoms with Gasteiger partial charge in [0.05, 0.1) is 18.2 Å². The average Bonchev–Trinajstić information content (AvgIpc) is 3.08. The Kier molecular flexibility index (Phi) is 3.33. The van der Waals surface area contributed by atoms with Crippen molar-refractivity contribution in [2.75, 3.05) is 31.2 Å². The third-order valence-electron chi connectivity index (χ3n) is 2.87. The number of thiophene rings is 2. The van der Waals surface area contributed by atoms with E-state index >= 15 is 0 Å². The lowest BCUT2D eigenvalue weighted by atomic mass is 10.3. The third-order valence-corrected chi connectivity index (χ3v) is 5.21. The first kappa shape index (κ1) is 11.7. The predicted molar refractivity (Wildman–Crippen MR) is 75.4 cm³/mol. The quantitative estimate of drug-likeness (QED) is 0.845. The van der Waals surface area contributed by atoms with Gasteiger partial charge in [0.15, 0.2) is 0 Å². The zero-order valence-electron chi connectivity index (χ0n) is 9.76. The van der Waals surface area contributed by atoms with E-state index in [1.54, 1.807) is 22.7 Å². The number of anilines is 1. The van der Waals surface area contributed by atoms with Gasteiger partial charge in [-0.3, -0.25) is 0 Å². The van der Waals surface area contributed by atoms with Gasteiger partial charge in [-0.25, -0.2) is 0 Å². The van der Waals surface area contributed by atoms with Crippen LogP contribution in [0.1, 0.15) is 4.88 Å². The molecule has 0 aliphatic carbocycles. The highest BCUT2D eigenvalue weighted by Crippen LogP contribution is 2.37. The Balaban J connectivity index is 1.82. The van der Waals surface area contributed by atoms with Gasteiger partial charge in [0, 0.05) is 22.8 Å². The first-order valence-electron chi connectivity index (χ1n) is 5.79. The van der Waals surface area contributed by atoms with Crippen LogP contribution in [0, 0.1) is 11.3 Å². The summed E-state index contributed by atoms with van der Waals surface area (Å²) < 4.78 is 5.36. The highest BCUT2D eigenvalue weighted by molar-refractivity contribution is 7.24. The highest BCUT2D eigenvalue weighted by Gasteiger charge is 2.14. The van der Waals surface area contributed by atoms with Crippen molar-refractivity contribution in [2.45, 2.75) is 0 Å². The Morgan fingerprint density at radius 2 is 1.78 bits per heavy atom. The second kappa shape index (κ2) is 5.11. The van der Waals surface area contributed by atoms with Crippen LogP contribution in [0.15, 0.2) is 24.3 Å². The second-order valence-electron chi connectivity index (χ2n) is 4.01. The second-order valence-corrected chi connectivity index (χ2v) is 6.16. The van der Waals surface area contributed by atoms with E-state index in [1.165, 1.54) is 14.8 Å². The fourth-order valence-electron chi connectivity index (χ4n) is 1.94. The van der Waals surface area contributed by atoms with Crippen molar-refractivity contribution in [2.24, 2.45) is 0 Å². The van der Waals surface area contributed by atoms with E-state index in [0.717, 1.165) is 31.2 Å². The van der Waals surface area contributed by atoms with Crippen molar-refractivity contribution in [1.82, 2.24) is 0 Å². The minimum absolute atomic E-state index is 0.770. The van der Waals surface area contributed by atoms with Gasteiger partial charge in [0.25, 0.3) is 0 Å². The molecular formula is C13H12N2OS2. The predicted octanol–water partition coefficient (Wildman–Crippen LogP) is 3.18. The van der Waals surface area contributed by atoms with Gasteiger partial charge in [-0.2, -0.15) is 5.26 Å². The van der Waals surface area contributed by atoms with E-state index in [1.807, 2.05) is 12.1 Å². The molecule has 1 aliphatic heterocycles. The van der Waals surface area contributed by atoms with Crippen LogP contribution in [0.3, 0.4) is 0 Å². The topological polar surface area (TPSA) is 36.3 Å². The standard InChI is InChI=1S/C13H12N2OS2/c14-9-10-1-2-11(17-10)12-3-4-13(18-12)15-5-7-16-8-6-15/h1-4H,5-8H2. The van der Waals surface area contributed by atoms with Crippen molar-refractivity contribution < 1.29 is 4.74 Å². The Morgan fingerprint density at radius 1 is 1.06 bits per heavy atom. The van der Waals surface area contributed by atoms with Gasteiger partial charge < -0.3 is 9.64 Å². The van der Waals surface area contributed by atoms with E-state index in [9.17, 15) is 0 Å². The molecule has 1 fully saturated rings. The number of hydrogen-bond donors (Lipinski definition) is 0. The summed E-state index contributed by atoms with van der Waals surface area (Å²) in [6.07, 6.45) is 0. The van der Waals surface area contributed by atoms with Crippen molar-refractivity contribution in [3.63, 3.8) is 0 Å². The largest absolute Gasteiger partial charge is 0.378 e. The summed E-state index contributed by atoms with van der Waals surface area (Å²) in [6, 6.07) is 10.4. The van der Waals surface area contributed by atoms with Crippen LogP contribution in [0.2, 0.25) is 0 Å². The van der Waals surface area contributed by atoms with E-state index in [4.69, 9.17) is 10.00 Å². The minimum atomic E-state index is 0.770. The molecule has 0 atom stereocenters. The molecule has 1 aliphatic rings. The Bertz CT molecular complexity index is 576. The van der Waals surface area contributed by atoms with Crippen LogP contribution in [0.5, 0.6) is 0 Å². The molecule has 3 heterocycles. The van der Waals surface area contributed by atoms with Gasteiger partial charge in [0.2, 0.25) is 0 Å². The Labute approximate surface area is 114 Å². The van der Waals surface area contributed by atoms with Gasteiger partial charge in [-0.15, -0.1) is 22.7 Å². The molecule has 3 rings (SSSR count). The monoisotopic (exact) mass is 276 g/mol. The molecule has 2 aromatic heterocycles. The van der Waals surface area contributed by atoms with Gasteiger partial charge >= 0.3 is 0 Å². The SMILES string of the molecule is N#Cc1ccc(-c2ccc(N3CCOCC3)s2)s1. The fraction of sp³-hybridized carbons (Fsp3) is 0.308. The molecule has 92 valence electrons. The number of morpholine rings is 1. The van der Waals surface area contributed by atoms with Crippen LogP contribution in [-0.2, 0) is 4.74 Å².